The molecule has 2 rings (SSSR count). The van der Waals surface area contributed by atoms with Gasteiger partial charge in [0.05, 0.1) is 24.1 Å². The molecular formula is C13H13BrO2. The average molecular weight is 281 g/mol. The van der Waals surface area contributed by atoms with Crippen LogP contribution in [0, 0.1) is 12.3 Å². The minimum absolute atomic E-state index is 0.0813. The van der Waals surface area contributed by atoms with Crippen molar-refractivity contribution in [2.24, 2.45) is 0 Å². The third kappa shape index (κ3) is 1.68. The van der Waals surface area contributed by atoms with Crippen LogP contribution in [0.4, 0.5) is 0 Å². The van der Waals surface area contributed by atoms with Gasteiger partial charge in [-0.1, -0.05) is 5.92 Å². The van der Waals surface area contributed by atoms with Gasteiger partial charge >= 0.3 is 0 Å². The second-order valence-corrected chi connectivity index (χ2v) is 4.77. The van der Waals surface area contributed by atoms with E-state index in [1.165, 1.54) is 0 Å². The van der Waals surface area contributed by atoms with E-state index in [1.54, 1.807) is 14.2 Å². The zero-order chi connectivity index (χ0) is 11.8. The summed E-state index contributed by atoms with van der Waals surface area (Å²) >= 11 is 3.47. The second-order valence-electron chi connectivity index (χ2n) is 3.92. The largest absolute Gasteiger partial charge is 0.493 e. The minimum Gasteiger partial charge on any atom is -0.493 e. The summed E-state index contributed by atoms with van der Waals surface area (Å²) in [5, 5.41) is 0. The fourth-order valence-corrected chi connectivity index (χ4v) is 2.44. The smallest absolute Gasteiger partial charge is 0.174 e. The summed E-state index contributed by atoms with van der Waals surface area (Å²) in [6, 6.07) is 3.99. The van der Waals surface area contributed by atoms with E-state index in [-0.39, 0.29) is 5.41 Å². The zero-order valence-electron chi connectivity index (χ0n) is 9.34. The normalized spacial score (nSPS) is 16.4. The molecule has 0 heterocycles. The maximum Gasteiger partial charge on any atom is 0.174 e. The maximum absolute atomic E-state index is 5.58. The molecule has 1 aliphatic carbocycles. The molecule has 0 bridgehead atoms. The minimum atomic E-state index is -0.0813. The first-order chi connectivity index (χ1) is 7.66. The van der Waals surface area contributed by atoms with Gasteiger partial charge in [0.15, 0.2) is 11.5 Å². The molecule has 3 heteroatoms. The number of terminal acetylenes is 1. The Hall–Kier alpha value is -1.14. The number of benzene rings is 1. The molecule has 0 spiro atoms. The molecule has 0 unspecified atom stereocenters. The van der Waals surface area contributed by atoms with E-state index in [1.807, 2.05) is 12.1 Å². The monoisotopic (exact) mass is 280 g/mol. The molecule has 2 nitrogen and oxygen atoms in total. The number of methoxy groups -OCH3 is 2. The molecule has 1 aromatic rings. The Balaban J connectivity index is 2.51. The van der Waals surface area contributed by atoms with Crippen LogP contribution in [0.1, 0.15) is 18.4 Å². The number of hydrogen-bond donors (Lipinski definition) is 0. The highest BCUT2D eigenvalue weighted by Crippen LogP contribution is 2.50. The number of ether oxygens (including phenoxy) is 2. The number of hydrogen-bond acceptors (Lipinski definition) is 2. The van der Waals surface area contributed by atoms with Crippen molar-refractivity contribution in [3.8, 4) is 23.8 Å². The summed E-state index contributed by atoms with van der Waals surface area (Å²) in [4.78, 5) is 0. The van der Waals surface area contributed by atoms with Gasteiger partial charge in [0, 0.05) is 0 Å². The van der Waals surface area contributed by atoms with Gasteiger partial charge in [0.2, 0.25) is 0 Å². The lowest BCUT2D eigenvalue weighted by atomic mass is 9.96. The van der Waals surface area contributed by atoms with Crippen LogP contribution in [0.2, 0.25) is 0 Å². The molecule has 0 saturated heterocycles. The molecule has 0 radical (unpaired) electrons. The average Bonchev–Trinajstić information content (AvgIpc) is 3.08. The van der Waals surface area contributed by atoms with Crippen LogP contribution in [-0.2, 0) is 5.41 Å². The van der Waals surface area contributed by atoms with Crippen LogP contribution in [0.3, 0.4) is 0 Å². The van der Waals surface area contributed by atoms with Crippen molar-refractivity contribution in [3.63, 3.8) is 0 Å². The Morgan fingerprint density at radius 2 is 2.00 bits per heavy atom. The lowest BCUT2D eigenvalue weighted by molar-refractivity contribution is 0.352. The molecule has 0 amide bonds. The van der Waals surface area contributed by atoms with E-state index in [9.17, 15) is 0 Å². The number of halogens is 1. The van der Waals surface area contributed by atoms with Gasteiger partial charge in [0.25, 0.3) is 0 Å². The molecule has 1 aliphatic rings. The molecular weight excluding hydrogens is 268 g/mol. The van der Waals surface area contributed by atoms with E-state index in [4.69, 9.17) is 15.9 Å². The zero-order valence-corrected chi connectivity index (χ0v) is 10.9. The van der Waals surface area contributed by atoms with Crippen molar-refractivity contribution in [2.75, 3.05) is 14.2 Å². The first kappa shape index (κ1) is 11.3. The molecule has 84 valence electrons. The van der Waals surface area contributed by atoms with Crippen LogP contribution in [0.15, 0.2) is 16.6 Å². The van der Waals surface area contributed by atoms with Crippen molar-refractivity contribution >= 4 is 15.9 Å². The third-order valence-electron chi connectivity index (χ3n) is 3.01. The molecule has 0 atom stereocenters. The van der Waals surface area contributed by atoms with E-state index in [0.29, 0.717) is 11.5 Å². The summed E-state index contributed by atoms with van der Waals surface area (Å²) in [6.45, 7) is 0. The van der Waals surface area contributed by atoms with Crippen molar-refractivity contribution in [3.05, 3.63) is 22.2 Å². The van der Waals surface area contributed by atoms with Gasteiger partial charge in [-0.15, -0.1) is 6.42 Å². The fourth-order valence-electron chi connectivity index (χ4n) is 1.84. The first-order valence-electron chi connectivity index (χ1n) is 5.06. The van der Waals surface area contributed by atoms with E-state index < -0.39 is 0 Å². The first-order valence-corrected chi connectivity index (χ1v) is 5.86. The maximum atomic E-state index is 5.58. The Morgan fingerprint density at radius 1 is 1.31 bits per heavy atom. The predicted octanol–water partition coefficient (Wildman–Crippen LogP) is 3.13. The fraction of sp³-hybridized carbons (Fsp3) is 0.385. The van der Waals surface area contributed by atoms with Crippen LogP contribution >= 0.6 is 15.9 Å². The molecule has 0 N–H and O–H groups in total. The molecule has 1 aromatic carbocycles. The second kappa shape index (κ2) is 4.03. The van der Waals surface area contributed by atoms with Crippen LogP contribution in [0.25, 0.3) is 0 Å². The lowest BCUT2D eigenvalue weighted by Crippen LogP contribution is -2.04. The highest BCUT2D eigenvalue weighted by atomic mass is 79.9. The Kier molecular flexibility index (Phi) is 2.86. The third-order valence-corrected chi connectivity index (χ3v) is 3.60. The van der Waals surface area contributed by atoms with E-state index in [0.717, 1.165) is 22.9 Å². The Labute approximate surface area is 104 Å². The van der Waals surface area contributed by atoms with Gasteiger partial charge in [0.1, 0.15) is 0 Å². The summed E-state index contributed by atoms with van der Waals surface area (Å²) in [5.41, 5.74) is 1.04. The summed E-state index contributed by atoms with van der Waals surface area (Å²) < 4.78 is 11.4. The Bertz CT molecular complexity index is 456. The van der Waals surface area contributed by atoms with Crippen molar-refractivity contribution in [2.45, 2.75) is 18.3 Å². The van der Waals surface area contributed by atoms with Crippen molar-refractivity contribution in [1.82, 2.24) is 0 Å². The van der Waals surface area contributed by atoms with Gasteiger partial charge in [-0.3, -0.25) is 0 Å². The quantitative estimate of drug-likeness (QED) is 0.792. The van der Waals surface area contributed by atoms with Gasteiger partial charge in [-0.05, 0) is 46.5 Å². The molecule has 1 fully saturated rings. The highest BCUT2D eigenvalue weighted by molar-refractivity contribution is 9.10. The Morgan fingerprint density at radius 3 is 2.44 bits per heavy atom. The van der Waals surface area contributed by atoms with E-state index >= 15 is 0 Å². The standard InChI is InChI=1S/C13H13BrO2/c1-4-13(5-6-13)9-7-10(14)12(16-3)11(8-9)15-2/h1,7-8H,5-6H2,2-3H3. The molecule has 0 aliphatic heterocycles. The number of rotatable bonds is 3. The summed E-state index contributed by atoms with van der Waals surface area (Å²) in [7, 11) is 3.25. The van der Waals surface area contributed by atoms with Crippen LogP contribution < -0.4 is 9.47 Å². The highest BCUT2D eigenvalue weighted by Gasteiger charge is 2.43. The molecule has 0 aromatic heterocycles. The van der Waals surface area contributed by atoms with Crippen molar-refractivity contribution in [1.29, 1.82) is 0 Å². The summed E-state index contributed by atoms with van der Waals surface area (Å²) in [5.74, 6) is 4.29. The van der Waals surface area contributed by atoms with Crippen LogP contribution in [-0.4, -0.2) is 14.2 Å². The van der Waals surface area contributed by atoms with Crippen LogP contribution in [0.5, 0.6) is 11.5 Å². The van der Waals surface area contributed by atoms with Gasteiger partial charge in [-0.25, -0.2) is 0 Å². The lowest BCUT2D eigenvalue weighted by Gasteiger charge is -2.14. The molecule has 16 heavy (non-hydrogen) atoms. The van der Waals surface area contributed by atoms with E-state index in [2.05, 4.69) is 21.9 Å². The topological polar surface area (TPSA) is 18.5 Å². The molecule has 1 saturated carbocycles. The van der Waals surface area contributed by atoms with Gasteiger partial charge in [-0.2, -0.15) is 0 Å². The SMILES string of the molecule is C#CC1(c2cc(Br)c(OC)c(OC)c2)CC1. The van der Waals surface area contributed by atoms with Gasteiger partial charge < -0.3 is 9.47 Å². The van der Waals surface area contributed by atoms with Crippen molar-refractivity contribution < 1.29 is 9.47 Å². The summed E-state index contributed by atoms with van der Waals surface area (Å²) in [6.07, 6.45) is 7.67. The predicted molar refractivity (Wildman–Crippen MR) is 67.0 cm³/mol.